The van der Waals surface area contributed by atoms with Crippen LogP contribution < -0.4 is 16.4 Å². The summed E-state index contributed by atoms with van der Waals surface area (Å²) in [6.07, 6.45) is 3.80. The topological polar surface area (TPSA) is 142 Å². The number of carbonyl (C=O) groups is 4. The van der Waals surface area contributed by atoms with Crippen molar-refractivity contribution >= 4 is 51.9 Å². The molecule has 9 nitrogen and oxygen atoms in total. The predicted octanol–water partition coefficient (Wildman–Crippen LogP) is 2.06. The SMILES string of the molecule is CC(=O)O.CSCC[C@H](NC(=O)[C@@H]1CCCN1C(=O)CN)C(=O)Nc1ccc2ccccc2c1. The molecule has 1 heterocycles. The van der Waals surface area contributed by atoms with Crippen LogP contribution in [0.4, 0.5) is 5.69 Å². The van der Waals surface area contributed by atoms with Crippen LogP contribution in [0, 0.1) is 0 Å². The number of rotatable bonds is 8. The van der Waals surface area contributed by atoms with Crippen LogP contribution in [-0.2, 0) is 19.2 Å². The van der Waals surface area contributed by atoms with Gasteiger partial charge in [-0.25, -0.2) is 0 Å². The highest BCUT2D eigenvalue weighted by Crippen LogP contribution is 2.20. The van der Waals surface area contributed by atoms with E-state index >= 15 is 0 Å². The number of nitrogens with zero attached hydrogens (tertiary/aromatic N) is 1. The van der Waals surface area contributed by atoms with Crippen LogP contribution in [-0.4, -0.2) is 70.9 Å². The minimum Gasteiger partial charge on any atom is -0.481 e. The number of likely N-dealkylation sites (tertiary alicyclic amines) is 1. The Morgan fingerprint density at radius 2 is 1.85 bits per heavy atom. The van der Waals surface area contributed by atoms with E-state index in [2.05, 4.69) is 10.6 Å². The summed E-state index contributed by atoms with van der Waals surface area (Å²) < 4.78 is 0. The Balaban J connectivity index is 0.000000945. The summed E-state index contributed by atoms with van der Waals surface area (Å²) in [4.78, 5) is 48.3. The molecule has 0 aliphatic carbocycles. The summed E-state index contributed by atoms with van der Waals surface area (Å²) in [7, 11) is 0. The first-order valence-electron chi connectivity index (χ1n) is 11.0. The number of hydrogen-bond donors (Lipinski definition) is 4. The van der Waals surface area contributed by atoms with Gasteiger partial charge in [-0.3, -0.25) is 19.2 Å². The Labute approximate surface area is 203 Å². The van der Waals surface area contributed by atoms with Crippen LogP contribution in [0.25, 0.3) is 10.8 Å². The van der Waals surface area contributed by atoms with E-state index in [1.165, 1.54) is 4.90 Å². The lowest BCUT2D eigenvalue weighted by molar-refractivity contribution is -0.138. The first-order chi connectivity index (χ1) is 16.3. The van der Waals surface area contributed by atoms with Gasteiger partial charge in [0.05, 0.1) is 6.54 Å². The number of nitrogens with two attached hydrogens (primary N) is 1. The van der Waals surface area contributed by atoms with E-state index in [4.69, 9.17) is 15.6 Å². The maximum absolute atomic E-state index is 12.9. The molecule has 2 atom stereocenters. The van der Waals surface area contributed by atoms with Crippen molar-refractivity contribution in [1.82, 2.24) is 10.2 Å². The third-order valence-corrected chi connectivity index (χ3v) is 5.95. The highest BCUT2D eigenvalue weighted by Gasteiger charge is 2.35. The number of aliphatic carboxylic acids is 1. The number of anilines is 1. The Hall–Kier alpha value is -3.11. The van der Waals surface area contributed by atoms with Gasteiger partial charge in [0.2, 0.25) is 17.7 Å². The van der Waals surface area contributed by atoms with Gasteiger partial charge >= 0.3 is 0 Å². The zero-order chi connectivity index (χ0) is 25.1. The number of benzene rings is 2. The maximum atomic E-state index is 12.9. The summed E-state index contributed by atoms with van der Waals surface area (Å²) in [6, 6.07) is 12.4. The van der Waals surface area contributed by atoms with E-state index in [0.717, 1.165) is 29.9 Å². The number of carboxylic acids is 1. The highest BCUT2D eigenvalue weighted by molar-refractivity contribution is 7.98. The molecule has 2 aromatic rings. The van der Waals surface area contributed by atoms with Crippen molar-refractivity contribution in [2.45, 2.75) is 38.3 Å². The first-order valence-corrected chi connectivity index (χ1v) is 12.4. The molecule has 34 heavy (non-hydrogen) atoms. The first kappa shape index (κ1) is 27.1. The van der Waals surface area contributed by atoms with Crippen LogP contribution >= 0.6 is 11.8 Å². The maximum Gasteiger partial charge on any atom is 0.300 e. The van der Waals surface area contributed by atoms with E-state index in [1.807, 2.05) is 48.7 Å². The number of fused-ring (bicyclic) bond motifs is 1. The number of carbonyl (C=O) groups excluding carboxylic acids is 3. The molecular weight excluding hydrogens is 456 g/mol. The smallest absolute Gasteiger partial charge is 0.300 e. The molecule has 0 spiro atoms. The van der Waals surface area contributed by atoms with Gasteiger partial charge in [-0.2, -0.15) is 11.8 Å². The predicted molar refractivity (Wildman–Crippen MR) is 135 cm³/mol. The molecule has 184 valence electrons. The van der Waals surface area contributed by atoms with Crippen LogP contribution in [0.15, 0.2) is 42.5 Å². The monoisotopic (exact) mass is 488 g/mol. The lowest BCUT2D eigenvalue weighted by atomic mass is 10.1. The number of amides is 3. The third-order valence-electron chi connectivity index (χ3n) is 5.31. The van der Waals surface area contributed by atoms with Crippen LogP contribution in [0.2, 0.25) is 0 Å². The minimum atomic E-state index is -0.833. The largest absolute Gasteiger partial charge is 0.481 e. The van der Waals surface area contributed by atoms with E-state index in [9.17, 15) is 14.4 Å². The fourth-order valence-electron chi connectivity index (χ4n) is 3.72. The second kappa shape index (κ2) is 13.6. The normalized spacial score (nSPS) is 15.7. The summed E-state index contributed by atoms with van der Waals surface area (Å²) in [6.45, 7) is 1.48. The Bertz CT molecular complexity index is 1010. The van der Waals surface area contributed by atoms with Gasteiger partial charge in [-0.1, -0.05) is 30.3 Å². The standard InChI is InChI=1S/C22H28N4O3S.C2H4O2/c1-30-12-10-18(25-22(29)19-7-4-11-26(19)20(27)14-23)21(28)24-17-9-8-15-5-2-3-6-16(15)13-17;1-2(3)4/h2-3,5-6,8-9,13,18-19H,4,7,10-12,14,23H2,1H3,(H,24,28)(H,25,29);1H3,(H,3,4)/t18-,19-;/m0./s1. The molecule has 3 rings (SSSR count). The van der Waals surface area contributed by atoms with Gasteiger partial charge in [0, 0.05) is 19.2 Å². The van der Waals surface area contributed by atoms with Crippen molar-refractivity contribution in [3.8, 4) is 0 Å². The zero-order valence-corrected chi connectivity index (χ0v) is 20.3. The average Bonchev–Trinajstić information content (AvgIpc) is 3.31. The average molecular weight is 489 g/mol. The molecule has 1 aliphatic rings. The van der Waals surface area contributed by atoms with Gasteiger partial charge < -0.3 is 26.4 Å². The number of nitrogens with one attached hydrogen (secondary N) is 2. The summed E-state index contributed by atoms with van der Waals surface area (Å²) in [5, 5.41) is 15.3. The fourth-order valence-corrected chi connectivity index (χ4v) is 4.20. The van der Waals surface area contributed by atoms with Crippen molar-refractivity contribution in [1.29, 1.82) is 0 Å². The summed E-state index contributed by atoms with van der Waals surface area (Å²) in [5.74, 6) is -0.906. The lowest BCUT2D eigenvalue weighted by Gasteiger charge is -2.26. The summed E-state index contributed by atoms with van der Waals surface area (Å²) in [5.41, 5.74) is 6.15. The Morgan fingerprint density at radius 1 is 1.18 bits per heavy atom. The zero-order valence-electron chi connectivity index (χ0n) is 19.5. The molecule has 1 aliphatic heterocycles. The van der Waals surface area contributed by atoms with Gasteiger partial charge in [0.25, 0.3) is 5.97 Å². The van der Waals surface area contributed by atoms with Crippen LogP contribution in [0.3, 0.4) is 0 Å². The lowest BCUT2D eigenvalue weighted by Crippen LogP contribution is -2.52. The molecule has 1 saturated heterocycles. The number of thioether (sulfide) groups is 1. The van der Waals surface area contributed by atoms with E-state index in [0.29, 0.717) is 25.1 Å². The molecule has 3 amide bonds. The van der Waals surface area contributed by atoms with Crippen LogP contribution in [0.1, 0.15) is 26.2 Å². The summed E-state index contributed by atoms with van der Waals surface area (Å²) >= 11 is 1.61. The highest BCUT2D eigenvalue weighted by atomic mass is 32.2. The second-order valence-electron chi connectivity index (χ2n) is 7.86. The number of carboxylic acid groups (broad SMARTS) is 1. The quantitative estimate of drug-likeness (QED) is 0.445. The Morgan fingerprint density at radius 3 is 2.50 bits per heavy atom. The molecule has 0 aromatic heterocycles. The van der Waals surface area contributed by atoms with Gasteiger partial charge in [0.1, 0.15) is 12.1 Å². The fraction of sp³-hybridized carbons (Fsp3) is 0.417. The van der Waals surface area contributed by atoms with Crippen LogP contribution in [0.5, 0.6) is 0 Å². The van der Waals surface area contributed by atoms with Gasteiger partial charge in [-0.15, -0.1) is 0 Å². The molecule has 0 unspecified atom stereocenters. The molecule has 5 N–H and O–H groups in total. The molecule has 0 bridgehead atoms. The minimum absolute atomic E-state index is 0.123. The van der Waals surface area contributed by atoms with Crippen molar-refractivity contribution < 1.29 is 24.3 Å². The van der Waals surface area contributed by atoms with E-state index < -0.39 is 18.1 Å². The van der Waals surface area contributed by atoms with Crippen molar-refractivity contribution in [2.24, 2.45) is 5.73 Å². The van der Waals surface area contributed by atoms with Crippen molar-refractivity contribution in [2.75, 3.05) is 30.4 Å². The molecule has 10 heteroatoms. The van der Waals surface area contributed by atoms with Gasteiger partial charge in [0.15, 0.2) is 0 Å². The van der Waals surface area contributed by atoms with Gasteiger partial charge in [-0.05, 0) is 54.2 Å². The molecule has 0 saturated carbocycles. The molecule has 1 fully saturated rings. The molecular formula is C24H32N4O5S. The number of hydrogen-bond acceptors (Lipinski definition) is 6. The molecule has 0 radical (unpaired) electrons. The van der Waals surface area contributed by atoms with Crippen molar-refractivity contribution in [3.05, 3.63) is 42.5 Å². The third kappa shape index (κ3) is 8.03. The van der Waals surface area contributed by atoms with E-state index in [-0.39, 0.29) is 24.3 Å². The second-order valence-corrected chi connectivity index (χ2v) is 8.85. The van der Waals surface area contributed by atoms with Crippen molar-refractivity contribution in [3.63, 3.8) is 0 Å². The molecule has 2 aromatic carbocycles. The Kier molecular flexibility index (Phi) is 10.8. The van der Waals surface area contributed by atoms with E-state index in [1.54, 1.807) is 11.8 Å².